The zero-order valence-corrected chi connectivity index (χ0v) is 7.39. The van der Waals surface area contributed by atoms with Crippen molar-refractivity contribution < 1.29 is 4.74 Å². The highest BCUT2D eigenvalue weighted by molar-refractivity contribution is 5.24. The molecule has 0 rings (SSSR count). The van der Waals surface area contributed by atoms with Gasteiger partial charge in [0.2, 0.25) is 0 Å². The summed E-state index contributed by atoms with van der Waals surface area (Å²) in [4.78, 5) is 0. The maximum Gasteiger partial charge on any atom is 0.121 e. The van der Waals surface area contributed by atoms with E-state index in [9.17, 15) is 0 Å². The van der Waals surface area contributed by atoms with Crippen molar-refractivity contribution in [3.63, 3.8) is 0 Å². The molecule has 0 radical (unpaired) electrons. The van der Waals surface area contributed by atoms with Crippen molar-refractivity contribution in [2.75, 3.05) is 6.61 Å². The van der Waals surface area contributed by atoms with Crippen LogP contribution < -0.4 is 0 Å². The zero-order valence-electron chi connectivity index (χ0n) is 7.39. The molecule has 0 unspecified atom stereocenters. The Balaban J connectivity index is 4.14. The second kappa shape index (κ2) is 5.78. The summed E-state index contributed by atoms with van der Waals surface area (Å²) in [5.41, 5.74) is 1.04. The maximum atomic E-state index is 5.38. The van der Waals surface area contributed by atoms with Gasteiger partial charge < -0.3 is 4.74 Å². The molecule has 0 saturated heterocycles. The predicted molar refractivity (Wildman–Crippen MR) is 49.3 cm³/mol. The van der Waals surface area contributed by atoms with E-state index in [0.717, 1.165) is 24.4 Å². The van der Waals surface area contributed by atoms with Crippen molar-refractivity contribution in [1.29, 1.82) is 0 Å². The Morgan fingerprint density at radius 2 is 2.00 bits per heavy atom. The minimum atomic E-state index is 0.743. The van der Waals surface area contributed by atoms with E-state index in [2.05, 4.69) is 20.1 Å². The molecule has 0 aromatic rings. The topological polar surface area (TPSA) is 9.23 Å². The Kier molecular flexibility index (Phi) is 5.26. The summed E-state index contributed by atoms with van der Waals surface area (Å²) >= 11 is 0. The Morgan fingerprint density at radius 1 is 1.36 bits per heavy atom. The van der Waals surface area contributed by atoms with Crippen LogP contribution in [0.1, 0.15) is 20.3 Å². The molecule has 0 aromatic carbocycles. The van der Waals surface area contributed by atoms with Gasteiger partial charge in [-0.3, -0.25) is 0 Å². The van der Waals surface area contributed by atoms with Gasteiger partial charge in [-0.2, -0.15) is 0 Å². The van der Waals surface area contributed by atoms with Gasteiger partial charge in [0.1, 0.15) is 5.76 Å². The number of allylic oxidation sites excluding steroid dienone is 3. The van der Waals surface area contributed by atoms with Crippen LogP contribution in [0.5, 0.6) is 0 Å². The van der Waals surface area contributed by atoms with Crippen LogP contribution in [-0.4, -0.2) is 6.61 Å². The highest BCUT2D eigenvalue weighted by Crippen LogP contribution is 2.07. The normalized spacial score (nSPS) is 11.8. The van der Waals surface area contributed by atoms with Gasteiger partial charge >= 0.3 is 0 Å². The van der Waals surface area contributed by atoms with Crippen LogP contribution in [0, 0.1) is 0 Å². The minimum absolute atomic E-state index is 0.743. The molecular formula is C10H16O. The molecule has 1 nitrogen and oxygen atoms in total. The number of hydrogen-bond acceptors (Lipinski definition) is 1. The summed E-state index contributed by atoms with van der Waals surface area (Å²) in [6, 6.07) is 0. The van der Waals surface area contributed by atoms with E-state index < -0.39 is 0 Å². The molecule has 62 valence electrons. The molecule has 0 saturated carbocycles. The van der Waals surface area contributed by atoms with Crippen molar-refractivity contribution in [2.24, 2.45) is 0 Å². The van der Waals surface area contributed by atoms with Gasteiger partial charge in [0.15, 0.2) is 0 Å². The van der Waals surface area contributed by atoms with Gasteiger partial charge in [-0.1, -0.05) is 26.2 Å². The average molecular weight is 152 g/mol. The van der Waals surface area contributed by atoms with Crippen LogP contribution in [0.15, 0.2) is 36.6 Å². The quantitative estimate of drug-likeness (QED) is 0.434. The maximum absolute atomic E-state index is 5.38. The summed E-state index contributed by atoms with van der Waals surface area (Å²) in [5, 5.41) is 0. The third-order valence-electron chi connectivity index (χ3n) is 1.34. The van der Waals surface area contributed by atoms with E-state index in [4.69, 9.17) is 4.74 Å². The van der Waals surface area contributed by atoms with Crippen molar-refractivity contribution in [3.8, 4) is 0 Å². The molecule has 11 heavy (non-hydrogen) atoms. The summed E-state index contributed by atoms with van der Waals surface area (Å²) in [7, 11) is 0. The van der Waals surface area contributed by atoms with Crippen molar-refractivity contribution >= 4 is 0 Å². The highest BCUT2D eigenvalue weighted by Gasteiger charge is 1.94. The third kappa shape index (κ3) is 3.66. The average Bonchev–Trinajstić information content (AvgIpc) is 2.05. The molecule has 1 heteroatoms. The Bertz CT molecular complexity index is 166. The number of ether oxygens (including phenoxy) is 1. The van der Waals surface area contributed by atoms with E-state index in [0.29, 0.717) is 0 Å². The first-order valence-electron chi connectivity index (χ1n) is 3.84. The molecule has 0 spiro atoms. The lowest BCUT2D eigenvalue weighted by atomic mass is 10.2. The molecule has 0 bridgehead atoms. The molecule has 0 N–H and O–H groups in total. The minimum Gasteiger partial charge on any atom is -0.493 e. The van der Waals surface area contributed by atoms with Crippen molar-refractivity contribution in [3.05, 3.63) is 36.6 Å². The standard InChI is InChI=1S/C10H16O/c1-5-8-11-10(7-3)9(4)6-2/h6-7H,2-3,5,8H2,1,4H3/b10-9+. The second-order valence-corrected chi connectivity index (χ2v) is 2.30. The van der Waals surface area contributed by atoms with E-state index in [-0.39, 0.29) is 0 Å². The van der Waals surface area contributed by atoms with Gasteiger partial charge in [0, 0.05) is 0 Å². The lowest BCUT2D eigenvalue weighted by molar-refractivity contribution is 0.222. The van der Waals surface area contributed by atoms with Crippen molar-refractivity contribution in [2.45, 2.75) is 20.3 Å². The van der Waals surface area contributed by atoms with E-state index in [1.165, 1.54) is 0 Å². The fraction of sp³-hybridized carbons (Fsp3) is 0.400. The van der Waals surface area contributed by atoms with E-state index in [1.807, 2.05) is 6.92 Å². The lowest BCUT2D eigenvalue weighted by Gasteiger charge is -2.06. The Morgan fingerprint density at radius 3 is 2.36 bits per heavy atom. The van der Waals surface area contributed by atoms with Gasteiger partial charge in [-0.05, 0) is 25.0 Å². The molecule has 0 fully saturated rings. The predicted octanol–water partition coefficient (Wildman–Crippen LogP) is 3.06. The van der Waals surface area contributed by atoms with Crippen LogP contribution in [0.2, 0.25) is 0 Å². The monoisotopic (exact) mass is 152 g/mol. The van der Waals surface area contributed by atoms with E-state index in [1.54, 1.807) is 12.2 Å². The Hall–Kier alpha value is -0.980. The van der Waals surface area contributed by atoms with Crippen molar-refractivity contribution in [1.82, 2.24) is 0 Å². The van der Waals surface area contributed by atoms with Gasteiger partial charge in [-0.25, -0.2) is 0 Å². The van der Waals surface area contributed by atoms with Crippen LogP contribution >= 0.6 is 0 Å². The Labute approximate surface area is 69.1 Å². The first-order chi connectivity index (χ1) is 5.26. The molecule has 0 aliphatic heterocycles. The zero-order chi connectivity index (χ0) is 8.69. The lowest BCUT2D eigenvalue weighted by Crippen LogP contribution is -1.92. The summed E-state index contributed by atoms with van der Waals surface area (Å²) < 4.78 is 5.38. The molecule has 0 aliphatic carbocycles. The fourth-order valence-corrected chi connectivity index (χ4v) is 0.646. The molecule has 0 heterocycles. The molecular weight excluding hydrogens is 136 g/mol. The SMILES string of the molecule is C=C/C(C)=C(\C=C)OCCC. The highest BCUT2D eigenvalue weighted by atomic mass is 16.5. The molecule has 0 aromatic heterocycles. The van der Waals surface area contributed by atoms with E-state index >= 15 is 0 Å². The largest absolute Gasteiger partial charge is 0.493 e. The molecule has 0 aliphatic rings. The second-order valence-electron chi connectivity index (χ2n) is 2.30. The summed E-state index contributed by atoms with van der Waals surface area (Å²) in [6.07, 6.45) is 4.50. The smallest absolute Gasteiger partial charge is 0.121 e. The molecule has 0 atom stereocenters. The van der Waals surface area contributed by atoms with Gasteiger partial charge in [0.25, 0.3) is 0 Å². The van der Waals surface area contributed by atoms with Crippen LogP contribution in [0.25, 0.3) is 0 Å². The summed E-state index contributed by atoms with van der Waals surface area (Å²) in [5.74, 6) is 0.835. The number of hydrogen-bond donors (Lipinski definition) is 0. The summed E-state index contributed by atoms with van der Waals surface area (Å²) in [6.45, 7) is 12.1. The van der Waals surface area contributed by atoms with Crippen LogP contribution in [-0.2, 0) is 4.74 Å². The van der Waals surface area contributed by atoms with Crippen LogP contribution in [0.3, 0.4) is 0 Å². The number of rotatable bonds is 5. The van der Waals surface area contributed by atoms with Gasteiger partial charge in [-0.15, -0.1) is 0 Å². The fourth-order valence-electron chi connectivity index (χ4n) is 0.646. The first-order valence-corrected chi connectivity index (χ1v) is 3.84. The third-order valence-corrected chi connectivity index (χ3v) is 1.34. The van der Waals surface area contributed by atoms with Crippen LogP contribution in [0.4, 0.5) is 0 Å². The van der Waals surface area contributed by atoms with Gasteiger partial charge in [0.05, 0.1) is 6.61 Å². The molecule has 0 amide bonds. The first kappa shape index (κ1) is 10.0.